The Morgan fingerprint density at radius 2 is 1.73 bits per heavy atom. The molecule has 1 N–H and O–H groups in total. The number of carbonyl (C=O) groups excluding carboxylic acids is 2. The van der Waals surface area contributed by atoms with E-state index >= 15 is 0 Å². The van der Waals surface area contributed by atoms with Crippen molar-refractivity contribution in [1.82, 2.24) is 5.32 Å². The number of para-hydroxylation sites is 1. The molecule has 2 unspecified atom stereocenters. The van der Waals surface area contributed by atoms with E-state index in [-0.39, 0.29) is 29.8 Å². The minimum absolute atomic E-state index is 0.0851. The smallest absolute Gasteiger partial charge is 0.337 e. The Kier molecular flexibility index (Phi) is 6.36. The van der Waals surface area contributed by atoms with E-state index in [0.29, 0.717) is 29.0 Å². The molecule has 0 saturated heterocycles. The first-order chi connectivity index (χ1) is 15.8. The zero-order valence-electron chi connectivity index (χ0n) is 19.3. The predicted octanol–water partition coefficient (Wildman–Crippen LogP) is 5.15. The first kappa shape index (κ1) is 22.8. The van der Waals surface area contributed by atoms with Crippen LogP contribution in [-0.4, -0.2) is 25.0 Å². The zero-order valence-corrected chi connectivity index (χ0v) is 19.3. The van der Waals surface area contributed by atoms with Gasteiger partial charge in [-0.15, -0.1) is 0 Å². The molecule has 0 aromatic heterocycles. The van der Waals surface area contributed by atoms with Crippen LogP contribution in [0.1, 0.15) is 56.6 Å². The molecule has 1 heterocycles. The quantitative estimate of drug-likeness (QED) is 0.640. The summed E-state index contributed by atoms with van der Waals surface area (Å²) in [4.78, 5) is 26.6. The second-order valence-electron chi connectivity index (χ2n) is 8.73. The molecule has 2 aromatic rings. The molecular formula is C27H28FNO4. The number of dihydropyridines is 1. The molecule has 1 aliphatic carbocycles. The van der Waals surface area contributed by atoms with Gasteiger partial charge >= 0.3 is 5.97 Å². The fraction of sp³-hybridized carbons (Fsp3) is 0.333. The molecule has 4 rings (SSSR count). The van der Waals surface area contributed by atoms with Crippen molar-refractivity contribution in [2.45, 2.75) is 51.6 Å². The van der Waals surface area contributed by atoms with Gasteiger partial charge in [0.15, 0.2) is 5.78 Å². The summed E-state index contributed by atoms with van der Waals surface area (Å²) < 4.78 is 26.0. The Bertz CT molecular complexity index is 1160. The predicted molar refractivity (Wildman–Crippen MR) is 123 cm³/mol. The topological polar surface area (TPSA) is 64.6 Å². The molecule has 2 atom stereocenters. The first-order valence-electron chi connectivity index (χ1n) is 11.1. The van der Waals surface area contributed by atoms with Crippen LogP contribution in [0, 0.1) is 5.82 Å². The van der Waals surface area contributed by atoms with Gasteiger partial charge in [-0.2, -0.15) is 0 Å². The van der Waals surface area contributed by atoms with Crippen LogP contribution in [0.3, 0.4) is 0 Å². The van der Waals surface area contributed by atoms with Crippen molar-refractivity contribution < 1.29 is 23.5 Å². The van der Waals surface area contributed by atoms with Crippen molar-refractivity contribution in [2.24, 2.45) is 0 Å². The molecule has 33 heavy (non-hydrogen) atoms. The third-order valence-electron chi connectivity index (χ3n) is 6.19. The van der Waals surface area contributed by atoms with Crippen molar-refractivity contribution in [1.29, 1.82) is 0 Å². The van der Waals surface area contributed by atoms with Gasteiger partial charge in [-0.25, -0.2) is 9.18 Å². The average molecular weight is 450 g/mol. The number of methoxy groups -OCH3 is 1. The minimum atomic E-state index is -0.820. The van der Waals surface area contributed by atoms with Crippen LogP contribution in [-0.2, 0) is 14.3 Å². The molecule has 0 bridgehead atoms. The van der Waals surface area contributed by atoms with Crippen LogP contribution < -0.4 is 10.1 Å². The molecule has 0 saturated carbocycles. The van der Waals surface area contributed by atoms with Crippen molar-refractivity contribution >= 4 is 11.8 Å². The Morgan fingerprint density at radius 1 is 1.06 bits per heavy atom. The Hall–Kier alpha value is -3.41. The summed E-state index contributed by atoms with van der Waals surface area (Å²) in [6.07, 6.45) is 0.458. The van der Waals surface area contributed by atoms with Gasteiger partial charge in [-0.05, 0) is 44.9 Å². The lowest BCUT2D eigenvalue weighted by Crippen LogP contribution is -2.36. The fourth-order valence-corrected chi connectivity index (χ4v) is 4.83. The summed E-state index contributed by atoms with van der Waals surface area (Å²) in [7, 11) is 1.61. The number of nitrogens with one attached hydrogen (secondary N) is 1. The van der Waals surface area contributed by atoms with Crippen LogP contribution in [0.4, 0.5) is 4.39 Å². The Balaban J connectivity index is 1.82. The molecular weight excluding hydrogens is 421 g/mol. The highest BCUT2D eigenvalue weighted by molar-refractivity contribution is 6.04. The van der Waals surface area contributed by atoms with Crippen molar-refractivity contribution in [3.63, 3.8) is 0 Å². The molecule has 2 aromatic carbocycles. The van der Waals surface area contributed by atoms with Gasteiger partial charge in [0.05, 0.1) is 24.7 Å². The third kappa shape index (κ3) is 4.30. The largest absolute Gasteiger partial charge is 0.496 e. The van der Waals surface area contributed by atoms with Gasteiger partial charge in [0.1, 0.15) is 11.6 Å². The molecule has 172 valence electrons. The number of Topliss-reactive ketones (excluding diaryl/α,β-unsaturated/α-hetero) is 1. The number of hydrogen-bond acceptors (Lipinski definition) is 5. The minimum Gasteiger partial charge on any atom is -0.496 e. The van der Waals surface area contributed by atoms with E-state index in [2.05, 4.69) is 5.32 Å². The summed E-state index contributed by atoms with van der Waals surface area (Å²) in [6.45, 7) is 5.29. The molecule has 0 radical (unpaired) electrons. The number of allylic oxidation sites excluding steroid dienone is 3. The maximum atomic E-state index is 15.0. The third-order valence-corrected chi connectivity index (χ3v) is 6.19. The second kappa shape index (κ2) is 9.22. The summed E-state index contributed by atoms with van der Waals surface area (Å²) in [5.74, 6) is -1.30. The number of hydrogen-bond donors (Lipinski definition) is 1. The fourth-order valence-electron chi connectivity index (χ4n) is 4.83. The molecule has 0 fully saturated rings. The van der Waals surface area contributed by atoms with Crippen LogP contribution in [0.5, 0.6) is 5.75 Å². The van der Waals surface area contributed by atoms with E-state index in [1.807, 2.05) is 24.3 Å². The summed E-state index contributed by atoms with van der Waals surface area (Å²) in [6, 6.07) is 14.0. The maximum Gasteiger partial charge on any atom is 0.337 e. The van der Waals surface area contributed by atoms with Crippen molar-refractivity contribution in [2.75, 3.05) is 7.11 Å². The van der Waals surface area contributed by atoms with E-state index in [9.17, 15) is 14.0 Å². The number of ketones is 1. The lowest BCUT2D eigenvalue weighted by Gasteiger charge is -2.37. The summed E-state index contributed by atoms with van der Waals surface area (Å²) in [5, 5.41) is 3.28. The van der Waals surface area contributed by atoms with Crippen LogP contribution in [0.25, 0.3) is 0 Å². The van der Waals surface area contributed by atoms with Crippen LogP contribution in [0.2, 0.25) is 0 Å². The van der Waals surface area contributed by atoms with Gasteiger partial charge in [0.25, 0.3) is 0 Å². The number of ether oxygens (including phenoxy) is 2. The Morgan fingerprint density at radius 3 is 2.39 bits per heavy atom. The molecule has 0 spiro atoms. The van der Waals surface area contributed by atoms with Crippen molar-refractivity contribution in [3.8, 4) is 5.75 Å². The van der Waals surface area contributed by atoms with E-state index < -0.39 is 17.7 Å². The van der Waals surface area contributed by atoms with Crippen LogP contribution in [0.15, 0.2) is 71.1 Å². The normalized spacial score (nSPS) is 20.5. The van der Waals surface area contributed by atoms with Gasteiger partial charge < -0.3 is 14.8 Å². The van der Waals surface area contributed by atoms with Crippen LogP contribution >= 0.6 is 0 Å². The number of carbonyl (C=O) groups is 2. The van der Waals surface area contributed by atoms with Gasteiger partial charge in [-0.3, -0.25) is 4.79 Å². The van der Waals surface area contributed by atoms with E-state index in [1.165, 1.54) is 6.07 Å². The lowest BCUT2D eigenvalue weighted by atomic mass is 9.71. The maximum absolute atomic E-state index is 15.0. The van der Waals surface area contributed by atoms with E-state index in [1.54, 1.807) is 46.1 Å². The number of halogens is 1. The number of benzene rings is 2. The van der Waals surface area contributed by atoms with E-state index in [4.69, 9.17) is 9.47 Å². The number of esters is 1. The van der Waals surface area contributed by atoms with Gasteiger partial charge in [0.2, 0.25) is 0 Å². The molecule has 5 nitrogen and oxygen atoms in total. The SMILES string of the molecule is COc1ccccc1C1CC(=O)C2=C(C1)NC(C)=C(C(=O)OC(C)C)C2c1ccccc1F. The van der Waals surface area contributed by atoms with E-state index in [0.717, 1.165) is 11.3 Å². The molecule has 1 aliphatic heterocycles. The summed E-state index contributed by atoms with van der Waals surface area (Å²) in [5.41, 5.74) is 3.25. The second-order valence-corrected chi connectivity index (χ2v) is 8.73. The summed E-state index contributed by atoms with van der Waals surface area (Å²) >= 11 is 0. The highest BCUT2D eigenvalue weighted by atomic mass is 19.1. The highest BCUT2D eigenvalue weighted by Gasteiger charge is 2.42. The van der Waals surface area contributed by atoms with Crippen molar-refractivity contribution in [3.05, 3.63) is 88.0 Å². The first-order valence-corrected chi connectivity index (χ1v) is 11.1. The highest BCUT2D eigenvalue weighted by Crippen LogP contribution is 2.47. The van der Waals surface area contributed by atoms with Gasteiger partial charge in [-0.1, -0.05) is 36.4 Å². The Labute approximate surface area is 193 Å². The lowest BCUT2D eigenvalue weighted by molar-refractivity contribution is -0.143. The molecule has 6 heteroatoms. The molecule has 2 aliphatic rings. The monoisotopic (exact) mass is 449 g/mol. The number of rotatable bonds is 5. The average Bonchev–Trinajstić information content (AvgIpc) is 2.77. The standard InChI is InChI=1S/C27H28FNO4/c1-15(2)33-27(31)24-16(3)29-21-13-17(18-9-6-8-12-23(18)32-4)14-22(30)26(21)25(24)19-10-5-7-11-20(19)28/h5-12,15,17,25,29H,13-14H2,1-4H3. The molecule has 0 amide bonds. The zero-order chi connectivity index (χ0) is 23.7. The van der Waals surface area contributed by atoms with Gasteiger partial charge in [0, 0.05) is 34.9 Å².